The lowest BCUT2D eigenvalue weighted by atomic mass is 9.53. The van der Waals surface area contributed by atoms with Gasteiger partial charge >= 0.3 is 0 Å². The molecule has 24 heavy (non-hydrogen) atoms. The van der Waals surface area contributed by atoms with Crippen LogP contribution in [0.15, 0.2) is 24.3 Å². The maximum Gasteiger partial charge on any atom is 0.244 e. The molecule has 1 amide bonds. The monoisotopic (exact) mass is 327 g/mol. The second kappa shape index (κ2) is 5.92. The van der Waals surface area contributed by atoms with Gasteiger partial charge in [0.1, 0.15) is 5.75 Å². The maximum absolute atomic E-state index is 12.4. The number of aliphatic hydroxyl groups is 1. The van der Waals surface area contributed by atoms with E-state index in [1.807, 2.05) is 0 Å². The molecule has 3 N–H and O–H groups in total. The molecule has 1 aromatic carbocycles. The number of hydrogen-bond acceptors (Lipinski definition) is 3. The van der Waals surface area contributed by atoms with Gasteiger partial charge in [0.2, 0.25) is 5.91 Å². The van der Waals surface area contributed by atoms with E-state index in [1.54, 1.807) is 30.4 Å². The molecule has 5 rings (SSSR count). The largest absolute Gasteiger partial charge is 0.508 e. The van der Waals surface area contributed by atoms with E-state index < -0.39 is 0 Å². The summed E-state index contributed by atoms with van der Waals surface area (Å²) in [6.45, 7) is -0.192. The second-order valence-corrected chi connectivity index (χ2v) is 8.07. The van der Waals surface area contributed by atoms with Crippen molar-refractivity contribution in [3.05, 3.63) is 35.4 Å². The van der Waals surface area contributed by atoms with Crippen LogP contribution < -0.4 is 5.32 Å². The highest BCUT2D eigenvalue weighted by Crippen LogP contribution is 2.55. The highest BCUT2D eigenvalue weighted by molar-refractivity contribution is 5.92. The van der Waals surface area contributed by atoms with E-state index in [2.05, 4.69) is 5.32 Å². The fourth-order valence-corrected chi connectivity index (χ4v) is 5.56. The van der Waals surface area contributed by atoms with Gasteiger partial charge in [-0.3, -0.25) is 4.79 Å². The molecule has 0 spiro atoms. The van der Waals surface area contributed by atoms with Crippen LogP contribution in [0.4, 0.5) is 0 Å². The average Bonchev–Trinajstić information content (AvgIpc) is 2.51. The molecular formula is C20H25NO3. The number of hydrogen-bond donors (Lipinski definition) is 3. The fraction of sp³-hybridized carbons (Fsp3) is 0.550. The molecular weight excluding hydrogens is 302 g/mol. The lowest BCUT2D eigenvalue weighted by Crippen LogP contribution is -2.59. The predicted molar refractivity (Wildman–Crippen MR) is 92.1 cm³/mol. The third-order valence-electron chi connectivity index (χ3n) is 6.13. The Morgan fingerprint density at radius 2 is 1.79 bits per heavy atom. The van der Waals surface area contributed by atoms with Crippen molar-refractivity contribution >= 4 is 12.0 Å². The minimum absolute atomic E-state index is 0.0268. The minimum atomic E-state index is -0.192. The Labute approximate surface area is 142 Å². The molecule has 0 aliphatic heterocycles. The van der Waals surface area contributed by atoms with Crippen LogP contribution in [-0.2, 0) is 11.4 Å². The first-order valence-corrected chi connectivity index (χ1v) is 8.98. The maximum atomic E-state index is 12.4. The molecule has 4 fully saturated rings. The zero-order chi connectivity index (χ0) is 16.7. The van der Waals surface area contributed by atoms with Crippen LogP contribution >= 0.6 is 0 Å². The smallest absolute Gasteiger partial charge is 0.244 e. The van der Waals surface area contributed by atoms with Crippen molar-refractivity contribution in [3.63, 3.8) is 0 Å². The molecule has 4 bridgehead atoms. The van der Waals surface area contributed by atoms with Crippen molar-refractivity contribution in [3.8, 4) is 5.75 Å². The number of amides is 1. The van der Waals surface area contributed by atoms with Crippen molar-refractivity contribution in [1.82, 2.24) is 5.32 Å². The number of phenols is 1. The summed E-state index contributed by atoms with van der Waals surface area (Å²) in [5.41, 5.74) is 1.27. The highest BCUT2D eigenvalue weighted by Gasteiger charge is 2.51. The Bertz CT molecular complexity index is 644. The summed E-state index contributed by atoms with van der Waals surface area (Å²) in [6.07, 6.45) is 10.8. The topological polar surface area (TPSA) is 69.6 Å². The molecule has 4 heteroatoms. The fourth-order valence-electron chi connectivity index (χ4n) is 5.56. The molecule has 4 nitrogen and oxygen atoms in total. The summed E-state index contributed by atoms with van der Waals surface area (Å²) >= 11 is 0. The van der Waals surface area contributed by atoms with Crippen molar-refractivity contribution in [2.45, 2.75) is 50.7 Å². The summed E-state index contributed by atoms with van der Waals surface area (Å²) in [4.78, 5) is 12.4. The van der Waals surface area contributed by atoms with Crippen LogP contribution in [0.2, 0.25) is 0 Å². The number of rotatable bonds is 4. The molecule has 0 radical (unpaired) electrons. The third-order valence-corrected chi connectivity index (χ3v) is 6.13. The normalized spacial score (nSPS) is 34.0. The van der Waals surface area contributed by atoms with E-state index in [1.165, 1.54) is 19.3 Å². The minimum Gasteiger partial charge on any atom is -0.508 e. The summed E-state index contributed by atoms with van der Waals surface area (Å²) in [5, 5.41) is 22.2. The predicted octanol–water partition coefficient (Wildman–Crippen LogP) is 2.98. The Morgan fingerprint density at radius 1 is 1.17 bits per heavy atom. The Kier molecular flexibility index (Phi) is 3.87. The zero-order valence-corrected chi connectivity index (χ0v) is 13.9. The van der Waals surface area contributed by atoms with Crippen LogP contribution in [-0.4, -0.2) is 21.7 Å². The van der Waals surface area contributed by atoms with E-state index in [0.717, 1.165) is 42.6 Å². The van der Waals surface area contributed by atoms with Crippen molar-refractivity contribution in [2.75, 3.05) is 0 Å². The number of benzene rings is 1. The standard InChI is InChI=1S/C20H25NO3/c22-12-17-3-1-13(8-18(17)23)2-4-19(24)21-20-9-14-5-15(10-20)7-16(6-14)11-20/h1-4,8,14-16,22-23H,5-7,9-12H2,(H,21,24)/b4-2+. The molecule has 128 valence electrons. The van der Waals surface area contributed by atoms with Gasteiger partial charge in [0.15, 0.2) is 0 Å². The SMILES string of the molecule is O=C(/C=C/c1ccc(CO)c(O)c1)NC12CC3CC(CC(C3)C1)C2. The van der Waals surface area contributed by atoms with Crippen molar-refractivity contribution < 1.29 is 15.0 Å². The third kappa shape index (κ3) is 2.95. The average molecular weight is 327 g/mol. The van der Waals surface area contributed by atoms with Gasteiger partial charge in [-0.1, -0.05) is 12.1 Å². The van der Waals surface area contributed by atoms with Gasteiger partial charge in [-0.05, 0) is 74.0 Å². The van der Waals surface area contributed by atoms with Gasteiger partial charge in [-0.15, -0.1) is 0 Å². The van der Waals surface area contributed by atoms with Gasteiger partial charge in [-0.25, -0.2) is 0 Å². The molecule has 4 saturated carbocycles. The first-order chi connectivity index (χ1) is 11.5. The number of carbonyl (C=O) groups is 1. The number of carbonyl (C=O) groups excluding carboxylic acids is 1. The lowest BCUT2D eigenvalue weighted by Gasteiger charge is -2.56. The van der Waals surface area contributed by atoms with Crippen LogP contribution in [0, 0.1) is 17.8 Å². The summed E-state index contributed by atoms with van der Waals surface area (Å²) in [5.74, 6) is 2.44. The van der Waals surface area contributed by atoms with E-state index in [-0.39, 0.29) is 23.8 Å². The van der Waals surface area contributed by atoms with E-state index in [9.17, 15) is 9.90 Å². The van der Waals surface area contributed by atoms with Crippen LogP contribution in [0.5, 0.6) is 5.75 Å². The Balaban J connectivity index is 1.42. The van der Waals surface area contributed by atoms with Gasteiger partial charge < -0.3 is 15.5 Å². The lowest BCUT2D eigenvalue weighted by molar-refractivity contribution is -0.122. The van der Waals surface area contributed by atoms with E-state index >= 15 is 0 Å². The highest BCUT2D eigenvalue weighted by atomic mass is 16.3. The first-order valence-electron chi connectivity index (χ1n) is 8.98. The van der Waals surface area contributed by atoms with E-state index in [4.69, 9.17) is 5.11 Å². The molecule has 1 aromatic rings. The summed E-state index contributed by atoms with van der Waals surface area (Å²) in [6, 6.07) is 5.03. The molecule has 0 saturated heterocycles. The van der Waals surface area contributed by atoms with Crippen LogP contribution in [0.1, 0.15) is 49.7 Å². The number of nitrogens with one attached hydrogen (secondary N) is 1. The van der Waals surface area contributed by atoms with Crippen LogP contribution in [0.3, 0.4) is 0 Å². The molecule has 0 unspecified atom stereocenters. The van der Waals surface area contributed by atoms with E-state index in [0.29, 0.717) is 5.56 Å². The molecule has 0 aromatic heterocycles. The number of aliphatic hydroxyl groups excluding tert-OH is 1. The Morgan fingerprint density at radius 3 is 2.33 bits per heavy atom. The van der Waals surface area contributed by atoms with Gasteiger partial charge in [-0.2, -0.15) is 0 Å². The first kappa shape index (κ1) is 15.7. The Hall–Kier alpha value is -1.81. The molecule has 0 heterocycles. The van der Waals surface area contributed by atoms with Gasteiger partial charge in [0.25, 0.3) is 0 Å². The van der Waals surface area contributed by atoms with Gasteiger partial charge in [0.05, 0.1) is 6.61 Å². The second-order valence-electron chi connectivity index (χ2n) is 8.07. The zero-order valence-electron chi connectivity index (χ0n) is 13.9. The molecule has 4 aliphatic carbocycles. The molecule has 0 atom stereocenters. The van der Waals surface area contributed by atoms with Crippen molar-refractivity contribution in [1.29, 1.82) is 0 Å². The van der Waals surface area contributed by atoms with Crippen molar-refractivity contribution in [2.24, 2.45) is 17.8 Å². The number of aromatic hydroxyl groups is 1. The summed E-state index contributed by atoms with van der Waals surface area (Å²) < 4.78 is 0. The van der Waals surface area contributed by atoms with Gasteiger partial charge in [0, 0.05) is 17.2 Å². The van der Waals surface area contributed by atoms with Crippen LogP contribution in [0.25, 0.3) is 6.08 Å². The molecule has 4 aliphatic rings. The quantitative estimate of drug-likeness (QED) is 0.745. The summed E-state index contributed by atoms with van der Waals surface area (Å²) in [7, 11) is 0.